The maximum absolute atomic E-state index is 11.1. The minimum Gasteiger partial charge on any atom is -0.465 e. The Morgan fingerprint density at radius 3 is 2.72 bits per heavy atom. The van der Waals surface area contributed by atoms with Crippen molar-refractivity contribution in [2.24, 2.45) is 5.41 Å². The first-order valence-corrected chi connectivity index (χ1v) is 9.84. The Labute approximate surface area is 149 Å². The van der Waals surface area contributed by atoms with E-state index < -0.39 is 6.09 Å². The molecule has 0 radical (unpaired) electrons. The predicted octanol–water partition coefficient (Wildman–Crippen LogP) is 3.01. The molecule has 1 amide bonds. The van der Waals surface area contributed by atoms with Crippen LogP contribution in [0.15, 0.2) is 12.3 Å². The Kier molecular flexibility index (Phi) is 4.48. The lowest BCUT2D eigenvalue weighted by atomic mass is 9.64. The van der Waals surface area contributed by atoms with E-state index in [1.54, 1.807) is 4.90 Å². The number of nitrogens with zero attached hydrogens (tertiary/aromatic N) is 4. The van der Waals surface area contributed by atoms with E-state index in [2.05, 4.69) is 27.7 Å². The van der Waals surface area contributed by atoms with Crippen LogP contribution in [0.25, 0.3) is 0 Å². The standard InChI is InChI=1S/C19H30N4O2/c1-2-8-23-17(3-7-20-23)15-4-9-21(10-5-15)16-12-19(13-16)6-11-22(14-19)18(24)25/h3,7,15-16H,2,4-6,8-14H2,1H3,(H,24,25). The zero-order valence-corrected chi connectivity index (χ0v) is 15.2. The summed E-state index contributed by atoms with van der Waals surface area (Å²) in [7, 11) is 0. The van der Waals surface area contributed by atoms with Gasteiger partial charge in [0.2, 0.25) is 0 Å². The van der Waals surface area contributed by atoms with E-state index >= 15 is 0 Å². The predicted molar refractivity (Wildman–Crippen MR) is 95.7 cm³/mol. The largest absolute Gasteiger partial charge is 0.465 e. The normalized spacial score (nSPS) is 30.8. The summed E-state index contributed by atoms with van der Waals surface area (Å²) in [5.74, 6) is 0.647. The molecule has 1 aliphatic carbocycles. The Bertz CT molecular complexity index is 615. The van der Waals surface area contributed by atoms with Crippen LogP contribution >= 0.6 is 0 Å². The van der Waals surface area contributed by atoms with Gasteiger partial charge in [0, 0.05) is 43.5 Å². The fourth-order valence-corrected chi connectivity index (χ4v) is 5.28. The number of carbonyl (C=O) groups is 1. The van der Waals surface area contributed by atoms with E-state index in [1.165, 1.54) is 44.5 Å². The number of hydrogen-bond donors (Lipinski definition) is 1. The summed E-state index contributed by atoms with van der Waals surface area (Å²) >= 11 is 0. The van der Waals surface area contributed by atoms with Gasteiger partial charge < -0.3 is 14.9 Å². The van der Waals surface area contributed by atoms with Gasteiger partial charge in [0.1, 0.15) is 0 Å². The van der Waals surface area contributed by atoms with Gasteiger partial charge >= 0.3 is 6.09 Å². The van der Waals surface area contributed by atoms with Gasteiger partial charge in [-0.1, -0.05) is 6.92 Å². The summed E-state index contributed by atoms with van der Waals surface area (Å²) in [5.41, 5.74) is 1.71. The molecule has 1 saturated carbocycles. The number of carboxylic acid groups (broad SMARTS) is 1. The van der Waals surface area contributed by atoms with Crippen molar-refractivity contribution in [3.05, 3.63) is 18.0 Å². The molecule has 1 spiro atoms. The van der Waals surface area contributed by atoms with Crippen LogP contribution in [-0.2, 0) is 6.54 Å². The van der Waals surface area contributed by atoms with Crippen molar-refractivity contribution in [3.63, 3.8) is 0 Å². The van der Waals surface area contributed by atoms with E-state index in [9.17, 15) is 4.79 Å². The van der Waals surface area contributed by atoms with Gasteiger partial charge in [-0.25, -0.2) is 4.79 Å². The van der Waals surface area contributed by atoms with Crippen LogP contribution in [0.5, 0.6) is 0 Å². The SMILES string of the molecule is CCCn1nccc1C1CCN(C2CC3(CCN(C(=O)O)C3)C2)CC1. The molecule has 6 nitrogen and oxygen atoms in total. The molecule has 138 valence electrons. The first kappa shape index (κ1) is 16.9. The van der Waals surface area contributed by atoms with Crippen molar-refractivity contribution in [2.45, 2.75) is 64.0 Å². The lowest BCUT2D eigenvalue weighted by Gasteiger charge is -2.51. The van der Waals surface area contributed by atoms with Gasteiger partial charge in [0.15, 0.2) is 0 Å². The third-order valence-electron chi connectivity index (χ3n) is 6.70. The highest BCUT2D eigenvalue weighted by molar-refractivity contribution is 5.65. The van der Waals surface area contributed by atoms with Crippen molar-refractivity contribution in [3.8, 4) is 0 Å². The first-order valence-electron chi connectivity index (χ1n) is 9.84. The van der Waals surface area contributed by atoms with Gasteiger partial charge in [-0.3, -0.25) is 4.68 Å². The Hall–Kier alpha value is -1.56. The molecule has 1 N–H and O–H groups in total. The number of hydrogen-bond acceptors (Lipinski definition) is 3. The quantitative estimate of drug-likeness (QED) is 0.910. The lowest BCUT2D eigenvalue weighted by molar-refractivity contribution is -0.00420. The van der Waals surface area contributed by atoms with Crippen LogP contribution in [0.2, 0.25) is 0 Å². The van der Waals surface area contributed by atoms with Crippen LogP contribution < -0.4 is 0 Å². The second-order valence-electron chi connectivity index (χ2n) is 8.31. The fraction of sp³-hybridized carbons (Fsp3) is 0.789. The number of piperidine rings is 1. The van der Waals surface area contributed by atoms with E-state index in [0.717, 1.165) is 32.5 Å². The minimum atomic E-state index is -0.746. The molecular formula is C19H30N4O2. The fourth-order valence-electron chi connectivity index (χ4n) is 5.28. The second kappa shape index (κ2) is 6.63. The number of aromatic nitrogens is 2. The Balaban J connectivity index is 1.28. The lowest BCUT2D eigenvalue weighted by Crippen LogP contribution is -2.54. The molecule has 6 heteroatoms. The van der Waals surface area contributed by atoms with Gasteiger partial charge in [-0.05, 0) is 63.1 Å². The topological polar surface area (TPSA) is 61.6 Å². The smallest absolute Gasteiger partial charge is 0.407 e. The summed E-state index contributed by atoms with van der Waals surface area (Å²) < 4.78 is 2.19. The molecule has 1 aromatic heterocycles. The zero-order valence-electron chi connectivity index (χ0n) is 15.2. The minimum absolute atomic E-state index is 0.291. The zero-order chi connectivity index (χ0) is 17.4. The van der Waals surface area contributed by atoms with Crippen molar-refractivity contribution in [1.29, 1.82) is 0 Å². The number of amides is 1. The molecule has 25 heavy (non-hydrogen) atoms. The van der Waals surface area contributed by atoms with Crippen molar-refractivity contribution in [2.75, 3.05) is 26.2 Å². The van der Waals surface area contributed by atoms with E-state index in [1.807, 2.05) is 6.20 Å². The summed E-state index contributed by atoms with van der Waals surface area (Å²) in [6, 6.07) is 2.88. The van der Waals surface area contributed by atoms with Gasteiger partial charge in [-0.15, -0.1) is 0 Å². The van der Waals surface area contributed by atoms with E-state index in [-0.39, 0.29) is 0 Å². The maximum atomic E-state index is 11.1. The van der Waals surface area contributed by atoms with Crippen LogP contribution in [0.3, 0.4) is 0 Å². The van der Waals surface area contributed by atoms with Crippen molar-refractivity contribution >= 4 is 6.09 Å². The van der Waals surface area contributed by atoms with Gasteiger partial charge in [-0.2, -0.15) is 5.10 Å². The first-order chi connectivity index (χ1) is 12.1. The molecule has 3 heterocycles. The molecule has 0 bridgehead atoms. The molecule has 3 aliphatic rings. The molecule has 4 rings (SSSR count). The number of likely N-dealkylation sites (tertiary alicyclic amines) is 2. The van der Waals surface area contributed by atoms with Crippen LogP contribution in [0.1, 0.15) is 57.1 Å². The summed E-state index contributed by atoms with van der Waals surface area (Å²) in [6.07, 6.45) is 8.21. The third kappa shape index (κ3) is 3.16. The van der Waals surface area contributed by atoms with E-state index in [0.29, 0.717) is 17.4 Å². The number of rotatable bonds is 4. The summed E-state index contributed by atoms with van der Waals surface area (Å²) in [4.78, 5) is 15.4. The highest BCUT2D eigenvalue weighted by Crippen LogP contribution is 2.50. The Morgan fingerprint density at radius 2 is 2.08 bits per heavy atom. The molecule has 2 saturated heterocycles. The molecule has 0 atom stereocenters. The monoisotopic (exact) mass is 346 g/mol. The number of aryl methyl sites for hydroxylation is 1. The Morgan fingerprint density at radius 1 is 1.32 bits per heavy atom. The average Bonchev–Trinajstić information content (AvgIpc) is 3.21. The van der Waals surface area contributed by atoms with Crippen LogP contribution in [-0.4, -0.2) is 63.0 Å². The van der Waals surface area contributed by atoms with Crippen molar-refractivity contribution < 1.29 is 9.90 Å². The second-order valence-corrected chi connectivity index (χ2v) is 8.31. The highest BCUT2D eigenvalue weighted by atomic mass is 16.4. The summed E-state index contributed by atoms with van der Waals surface area (Å²) in [5, 5.41) is 13.7. The molecule has 3 fully saturated rings. The molecule has 0 aromatic carbocycles. The van der Waals surface area contributed by atoms with Crippen LogP contribution in [0.4, 0.5) is 4.79 Å². The maximum Gasteiger partial charge on any atom is 0.407 e. The van der Waals surface area contributed by atoms with Gasteiger partial charge in [0.25, 0.3) is 0 Å². The van der Waals surface area contributed by atoms with E-state index in [4.69, 9.17) is 5.11 Å². The van der Waals surface area contributed by atoms with Crippen LogP contribution in [0, 0.1) is 5.41 Å². The summed E-state index contributed by atoms with van der Waals surface area (Å²) in [6.45, 7) is 7.05. The molecular weight excluding hydrogens is 316 g/mol. The molecule has 0 unspecified atom stereocenters. The third-order valence-corrected chi connectivity index (χ3v) is 6.70. The highest BCUT2D eigenvalue weighted by Gasteiger charge is 2.51. The molecule has 1 aromatic rings. The average molecular weight is 346 g/mol. The van der Waals surface area contributed by atoms with Crippen molar-refractivity contribution in [1.82, 2.24) is 19.6 Å². The van der Waals surface area contributed by atoms with Gasteiger partial charge in [0.05, 0.1) is 0 Å². The molecule has 2 aliphatic heterocycles.